The summed E-state index contributed by atoms with van der Waals surface area (Å²) < 4.78 is 0. The molecule has 0 aromatic carbocycles. The minimum absolute atomic E-state index is 0.500. The van der Waals surface area contributed by atoms with Crippen LogP contribution in [0.4, 0.5) is 0 Å². The summed E-state index contributed by atoms with van der Waals surface area (Å²) in [6.07, 6.45) is 3.84. The fourth-order valence-corrected chi connectivity index (χ4v) is 0.250. The van der Waals surface area contributed by atoms with Crippen LogP contribution in [0.5, 0.6) is 0 Å². The number of rotatable bonds is 2. The van der Waals surface area contributed by atoms with Gasteiger partial charge in [0.25, 0.3) is 0 Å². The Morgan fingerprint density at radius 1 is 0.600 bits per heavy atom. The van der Waals surface area contributed by atoms with Crippen molar-refractivity contribution in [3.8, 4) is 0 Å². The largest absolute Gasteiger partial charge is 0.0656 e. The molecule has 0 aromatic rings. The molecule has 0 fully saturated rings. The van der Waals surface area contributed by atoms with Gasteiger partial charge in [0.15, 0.2) is 0 Å². The Morgan fingerprint density at radius 3 is 0.733 bits per heavy atom. The second kappa shape index (κ2) is 10.5. The van der Waals surface area contributed by atoms with E-state index in [-0.39, 0.29) is 0 Å². The molecule has 0 radical (unpaired) electrons. The highest BCUT2D eigenvalue weighted by molar-refractivity contribution is 4.61. The zero-order valence-corrected chi connectivity index (χ0v) is 13.1. The molecule has 0 aliphatic carbocycles. The molecule has 96 valence electrons. The molecule has 0 unspecified atom stereocenters. The smallest absolute Gasteiger partial charge is 0.0359 e. The molecule has 0 saturated carbocycles. The van der Waals surface area contributed by atoms with E-state index >= 15 is 0 Å². The maximum atomic E-state index is 2.30. The normalized spacial score (nSPS) is 10.8. The lowest BCUT2D eigenvalue weighted by Gasteiger charge is -2.18. The van der Waals surface area contributed by atoms with E-state index in [0.29, 0.717) is 10.8 Å². The van der Waals surface area contributed by atoms with Gasteiger partial charge < -0.3 is 0 Å². The predicted octanol–water partition coefficient (Wildman–Crippen LogP) is 6.30. The first-order valence-electron chi connectivity index (χ1n) is 6.54. The highest BCUT2D eigenvalue weighted by atomic mass is 14.1. The van der Waals surface area contributed by atoms with Crippen molar-refractivity contribution >= 4 is 0 Å². The maximum absolute atomic E-state index is 2.30. The van der Waals surface area contributed by atoms with Crippen LogP contribution in [0, 0.1) is 10.8 Å². The molecular formula is C15H36. The van der Waals surface area contributed by atoms with E-state index in [1.165, 1.54) is 19.3 Å². The van der Waals surface area contributed by atoms with Crippen molar-refractivity contribution in [2.75, 3.05) is 0 Å². The lowest BCUT2D eigenvalue weighted by atomic mass is 9.88. The third kappa shape index (κ3) is 56.0. The quantitative estimate of drug-likeness (QED) is 0.508. The summed E-state index contributed by atoms with van der Waals surface area (Å²) in [6, 6.07) is 0. The van der Waals surface area contributed by atoms with Gasteiger partial charge in [0.05, 0.1) is 0 Å². The molecule has 0 atom stereocenters. The van der Waals surface area contributed by atoms with E-state index < -0.39 is 0 Å². The van der Waals surface area contributed by atoms with Gasteiger partial charge in [-0.3, -0.25) is 0 Å². The summed E-state index contributed by atoms with van der Waals surface area (Å²) in [5, 5.41) is 0. The van der Waals surface area contributed by atoms with Crippen molar-refractivity contribution in [1.29, 1.82) is 0 Å². The van der Waals surface area contributed by atoms with Gasteiger partial charge in [-0.25, -0.2) is 0 Å². The lowest BCUT2D eigenvalue weighted by Crippen LogP contribution is -2.05. The van der Waals surface area contributed by atoms with Crippen molar-refractivity contribution in [1.82, 2.24) is 0 Å². The third-order valence-corrected chi connectivity index (χ3v) is 1.91. The molecule has 0 amide bonds. The lowest BCUT2D eigenvalue weighted by molar-refractivity contribution is 0.338. The Morgan fingerprint density at radius 2 is 0.733 bits per heavy atom. The van der Waals surface area contributed by atoms with Crippen LogP contribution in [0.2, 0.25) is 0 Å². The van der Waals surface area contributed by atoms with Crippen molar-refractivity contribution < 1.29 is 0 Å². The van der Waals surface area contributed by atoms with Crippen LogP contribution >= 0.6 is 0 Å². The van der Waals surface area contributed by atoms with Crippen LogP contribution in [0.1, 0.15) is 88.5 Å². The molecule has 0 nitrogen and oxygen atoms in total. The van der Waals surface area contributed by atoms with Crippen LogP contribution in [0.25, 0.3) is 0 Å². The molecule has 15 heavy (non-hydrogen) atoms. The predicted molar refractivity (Wildman–Crippen MR) is 75.5 cm³/mol. The van der Waals surface area contributed by atoms with Gasteiger partial charge in [-0.1, -0.05) is 88.5 Å². The van der Waals surface area contributed by atoms with Gasteiger partial charge >= 0.3 is 0 Å². The van der Waals surface area contributed by atoms with Crippen molar-refractivity contribution in [3.05, 3.63) is 0 Å². The van der Waals surface area contributed by atoms with Crippen LogP contribution in [-0.4, -0.2) is 0 Å². The standard InChI is InChI=1S/C7H16.C5H12.C3H8/c1-5-7(3,4)6-2;1-5(2,3)4;1-3-2/h5-6H2,1-4H3;1-4H3;3H2,1-2H3. The van der Waals surface area contributed by atoms with Gasteiger partial charge in [-0.15, -0.1) is 0 Å². The van der Waals surface area contributed by atoms with E-state index in [2.05, 4.69) is 69.2 Å². The van der Waals surface area contributed by atoms with Crippen LogP contribution in [0.3, 0.4) is 0 Å². The summed E-state index contributed by atoms with van der Waals surface area (Å²) in [4.78, 5) is 0. The summed E-state index contributed by atoms with van der Waals surface area (Å²) in [6.45, 7) is 22.1. The first-order chi connectivity index (χ1) is 6.54. The topological polar surface area (TPSA) is 0 Å². The van der Waals surface area contributed by atoms with E-state index in [1.54, 1.807) is 0 Å². The minimum Gasteiger partial charge on any atom is -0.0656 e. The van der Waals surface area contributed by atoms with Crippen LogP contribution < -0.4 is 0 Å². The molecule has 0 heteroatoms. The monoisotopic (exact) mass is 216 g/mol. The summed E-state index contributed by atoms with van der Waals surface area (Å²) in [7, 11) is 0. The Labute approximate surface area is 99.9 Å². The fourth-order valence-electron chi connectivity index (χ4n) is 0.250. The average molecular weight is 216 g/mol. The molecule has 0 N–H and O–H groups in total. The molecule has 0 heterocycles. The van der Waals surface area contributed by atoms with Crippen LogP contribution in [-0.2, 0) is 0 Å². The SMILES string of the molecule is CC(C)(C)C.CCC.CCC(C)(C)CC. The Hall–Kier alpha value is 0. The van der Waals surface area contributed by atoms with E-state index in [4.69, 9.17) is 0 Å². The molecule has 0 spiro atoms. The van der Waals surface area contributed by atoms with E-state index in [9.17, 15) is 0 Å². The Balaban J connectivity index is -0.000000158. The van der Waals surface area contributed by atoms with Gasteiger partial charge in [0.1, 0.15) is 0 Å². The highest BCUT2D eigenvalue weighted by Crippen LogP contribution is 2.22. The zero-order valence-electron chi connectivity index (χ0n) is 13.1. The first-order valence-corrected chi connectivity index (χ1v) is 6.54. The third-order valence-electron chi connectivity index (χ3n) is 1.91. The van der Waals surface area contributed by atoms with Gasteiger partial charge in [-0.2, -0.15) is 0 Å². The molecular weight excluding hydrogens is 180 g/mol. The summed E-state index contributed by atoms with van der Waals surface area (Å²) in [5.74, 6) is 0. The highest BCUT2D eigenvalue weighted by Gasteiger charge is 2.09. The Kier molecular flexibility index (Phi) is 14.3. The minimum atomic E-state index is 0.500. The molecule has 0 bridgehead atoms. The number of hydrogen-bond donors (Lipinski definition) is 0. The van der Waals surface area contributed by atoms with Gasteiger partial charge in [0, 0.05) is 0 Å². The zero-order chi connectivity index (χ0) is 13.1. The fraction of sp³-hybridized carbons (Fsp3) is 1.00. The van der Waals surface area contributed by atoms with E-state index in [0.717, 1.165) is 0 Å². The van der Waals surface area contributed by atoms with Crippen LogP contribution in [0.15, 0.2) is 0 Å². The van der Waals surface area contributed by atoms with Crippen molar-refractivity contribution in [3.63, 3.8) is 0 Å². The van der Waals surface area contributed by atoms with E-state index in [1.807, 2.05) is 0 Å². The van der Waals surface area contributed by atoms with Crippen molar-refractivity contribution in [2.45, 2.75) is 88.5 Å². The average Bonchev–Trinajstić information content (AvgIpc) is 2.03. The van der Waals surface area contributed by atoms with Gasteiger partial charge in [-0.05, 0) is 10.8 Å². The molecule has 0 aromatic heterocycles. The Bertz CT molecular complexity index is 91.7. The first kappa shape index (κ1) is 20.4. The molecule has 0 aliphatic heterocycles. The van der Waals surface area contributed by atoms with Crippen molar-refractivity contribution in [2.24, 2.45) is 10.8 Å². The molecule has 0 saturated heterocycles. The summed E-state index contributed by atoms with van der Waals surface area (Å²) in [5.41, 5.74) is 1.08. The second-order valence-electron chi connectivity index (χ2n) is 6.58. The molecule has 0 aliphatic rings. The second-order valence-corrected chi connectivity index (χ2v) is 6.58. The molecule has 0 rings (SSSR count). The number of hydrogen-bond acceptors (Lipinski definition) is 0. The maximum Gasteiger partial charge on any atom is -0.0359 e. The summed E-state index contributed by atoms with van der Waals surface area (Å²) >= 11 is 0. The van der Waals surface area contributed by atoms with Gasteiger partial charge in [0.2, 0.25) is 0 Å².